The van der Waals surface area contributed by atoms with Gasteiger partial charge in [-0.25, -0.2) is 4.98 Å². The first-order chi connectivity index (χ1) is 6.20. The molecule has 0 aromatic carbocycles. The lowest BCUT2D eigenvalue weighted by atomic mass is 9.97. The maximum atomic E-state index is 5.94. The van der Waals surface area contributed by atoms with Gasteiger partial charge < -0.3 is 10.3 Å². The molecule has 0 aliphatic carbocycles. The third-order valence-electron chi connectivity index (χ3n) is 2.98. The summed E-state index contributed by atoms with van der Waals surface area (Å²) in [6.45, 7) is 4.16. The van der Waals surface area contributed by atoms with Gasteiger partial charge in [0.15, 0.2) is 0 Å². The Hall–Kier alpha value is -0.830. The first-order valence-electron chi connectivity index (χ1n) is 4.98. The standard InChI is InChI=1S/C10H17N3/c1-7(11)9-4-3-5-10-8(2)12-6-13(9)10/h6-7,9H,3-5,11H2,1-2H3. The monoisotopic (exact) mass is 179 g/mol. The molecule has 2 N–H and O–H groups in total. The van der Waals surface area contributed by atoms with Crippen LogP contribution in [0.3, 0.4) is 0 Å². The van der Waals surface area contributed by atoms with Crippen molar-refractivity contribution in [3.8, 4) is 0 Å². The van der Waals surface area contributed by atoms with Gasteiger partial charge in [0.2, 0.25) is 0 Å². The minimum atomic E-state index is 0.229. The molecular formula is C10H17N3. The van der Waals surface area contributed by atoms with Crippen molar-refractivity contribution in [1.82, 2.24) is 9.55 Å². The van der Waals surface area contributed by atoms with Crippen molar-refractivity contribution < 1.29 is 0 Å². The Kier molecular flexibility index (Phi) is 2.12. The third-order valence-corrected chi connectivity index (χ3v) is 2.98. The van der Waals surface area contributed by atoms with Crippen molar-refractivity contribution >= 4 is 0 Å². The molecule has 0 spiro atoms. The van der Waals surface area contributed by atoms with Crippen molar-refractivity contribution in [1.29, 1.82) is 0 Å². The smallest absolute Gasteiger partial charge is 0.0954 e. The molecule has 0 amide bonds. The van der Waals surface area contributed by atoms with Crippen LogP contribution >= 0.6 is 0 Å². The zero-order chi connectivity index (χ0) is 9.42. The van der Waals surface area contributed by atoms with E-state index in [2.05, 4.69) is 23.4 Å². The lowest BCUT2D eigenvalue weighted by Gasteiger charge is -2.28. The van der Waals surface area contributed by atoms with Gasteiger partial charge in [-0.15, -0.1) is 0 Å². The minimum absolute atomic E-state index is 0.229. The number of aryl methyl sites for hydroxylation is 1. The van der Waals surface area contributed by atoms with E-state index in [-0.39, 0.29) is 6.04 Å². The Labute approximate surface area is 79.0 Å². The average Bonchev–Trinajstić information content (AvgIpc) is 2.48. The highest BCUT2D eigenvalue weighted by Crippen LogP contribution is 2.27. The topological polar surface area (TPSA) is 43.8 Å². The molecule has 72 valence electrons. The van der Waals surface area contributed by atoms with Crippen LogP contribution < -0.4 is 5.73 Å². The predicted octanol–water partition coefficient (Wildman–Crippen LogP) is 1.42. The summed E-state index contributed by atoms with van der Waals surface area (Å²) in [6.07, 6.45) is 5.55. The number of hydrogen-bond donors (Lipinski definition) is 1. The Morgan fingerprint density at radius 1 is 1.69 bits per heavy atom. The van der Waals surface area contributed by atoms with Crippen molar-refractivity contribution in [2.75, 3.05) is 0 Å². The summed E-state index contributed by atoms with van der Waals surface area (Å²) in [5, 5.41) is 0. The van der Waals surface area contributed by atoms with Gasteiger partial charge in [-0.05, 0) is 33.1 Å². The Bertz CT molecular complexity index is 301. The van der Waals surface area contributed by atoms with E-state index in [0.29, 0.717) is 6.04 Å². The number of aromatic nitrogens is 2. The largest absolute Gasteiger partial charge is 0.330 e. The van der Waals surface area contributed by atoms with E-state index in [1.165, 1.54) is 24.2 Å². The van der Waals surface area contributed by atoms with Crippen LogP contribution in [-0.4, -0.2) is 15.6 Å². The molecule has 3 heteroatoms. The lowest BCUT2D eigenvalue weighted by Crippen LogP contribution is -2.32. The summed E-state index contributed by atoms with van der Waals surface area (Å²) in [6, 6.07) is 0.692. The average molecular weight is 179 g/mol. The number of hydrogen-bond acceptors (Lipinski definition) is 2. The van der Waals surface area contributed by atoms with Crippen LogP contribution in [0, 0.1) is 6.92 Å². The second-order valence-corrected chi connectivity index (χ2v) is 4.00. The Balaban J connectivity index is 2.38. The maximum Gasteiger partial charge on any atom is 0.0954 e. The molecule has 0 saturated heterocycles. The molecule has 2 heterocycles. The normalized spacial score (nSPS) is 24.1. The number of rotatable bonds is 1. The van der Waals surface area contributed by atoms with Crippen LogP contribution in [0.2, 0.25) is 0 Å². The van der Waals surface area contributed by atoms with Gasteiger partial charge in [0.1, 0.15) is 0 Å². The molecule has 1 aromatic heterocycles. The van der Waals surface area contributed by atoms with Crippen LogP contribution in [0.1, 0.15) is 37.2 Å². The SMILES string of the molecule is Cc1ncn2c1CCCC2C(C)N. The number of nitrogens with two attached hydrogens (primary N) is 1. The van der Waals surface area contributed by atoms with Crippen molar-refractivity contribution in [3.05, 3.63) is 17.7 Å². The van der Waals surface area contributed by atoms with Gasteiger partial charge in [-0.3, -0.25) is 0 Å². The fourth-order valence-electron chi connectivity index (χ4n) is 2.21. The molecule has 0 radical (unpaired) electrons. The van der Waals surface area contributed by atoms with Gasteiger partial charge >= 0.3 is 0 Å². The summed E-state index contributed by atoms with van der Waals surface area (Å²) in [5.74, 6) is 0. The quantitative estimate of drug-likeness (QED) is 0.708. The molecular weight excluding hydrogens is 162 g/mol. The fourth-order valence-corrected chi connectivity index (χ4v) is 2.21. The van der Waals surface area contributed by atoms with E-state index < -0.39 is 0 Å². The molecule has 13 heavy (non-hydrogen) atoms. The van der Waals surface area contributed by atoms with Crippen molar-refractivity contribution in [2.24, 2.45) is 5.73 Å². The molecule has 2 unspecified atom stereocenters. The van der Waals surface area contributed by atoms with Crippen LogP contribution in [-0.2, 0) is 6.42 Å². The fraction of sp³-hybridized carbons (Fsp3) is 0.700. The molecule has 3 nitrogen and oxygen atoms in total. The molecule has 1 aliphatic heterocycles. The predicted molar refractivity (Wildman–Crippen MR) is 52.6 cm³/mol. The van der Waals surface area contributed by atoms with Gasteiger partial charge in [-0.1, -0.05) is 0 Å². The first kappa shape index (κ1) is 8.75. The molecule has 0 bridgehead atoms. The second-order valence-electron chi connectivity index (χ2n) is 4.00. The maximum absolute atomic E-state index is 5.94. The number of imidazole rings is 1. The molecule has 2 atom stereocenters. The minimum Gasteiger partial charge on any atom is -0.330 e. The highest BCUT2D eigenvalue weighted by atomic mass is 15.1. The van der Waals surface area contributed by atoms with E-state index in [1.807, 2.05) is 6.33 Å². The van der Waals surface area contributed by atoms with E-state index >= 15 is 0 Å². The summed E-state index contributed by atoms with van der Waals surface area (Å²) in [7, 11) is 0. The van der Waals surface area contributed by atoms with Crippen molar-refractivity contribution in [3.63, 3.8) is 0 Å². The highest BCUT2D eigenvalue weighted by molar-refractivity contribution is 5.15. The first-order valence-corrected chi connectivity index (χ1v) is 4.98. The summed E-state index contributed by atoms with van der Waals surface area (Å²) < 4.78 is 2.27. The van der Waals surface area contributed by atoms with Gasteiger partial charge in [0.25, 0.3) is 0 Å². The van der Waals surface area contributed by atoms with Crippen LogP contribution in [0.5, 0.6) is 0 Å². The molecule has 0 fully saturated rings. The van der Waals surface area contributed by atoms with E-state index in [1.54, 1.807) is 0 Å². The van der Waals surface area contributed by atoms with E-state index in [4.69, 9.17) is 5.73 Å². The van der Waals surface area contributed by atoms with E-state index in [0.717, 1.165) is 6.42 Å². The summed E-state index contributed by atoms with van der Waals surface area (Å²) >= 11 is 0. The van der Waals surface area contributed by atoms with Gasteiger partial charge in [0, 0.05) is 17.8 Å². The Morgan fingerprint density at radius 2 is 2.46 bits per heavy atom. The molecule has 1 aromatic rings. The third kappa shape index (κ3) is 1.37. The molecule has 2 rings (SSSR count). The number of nitrogens with zero attached hydrogens (tertiary/aromatic N) is 2. The number of fused-ring (bicyclic) bond motifs is 1. The van der Waals surface area contributed by atoms with Gasteiger partial charge in [0.05, 0.1) is 12.0 Å². The second kappa shape index (κ2) is 3.14. The van der Waals surface area contributed by atoms with Crippen LogP contribution in [0.4, 0.5) is 0 Å². The lowest BCUT2D eigenvalue weighted by molar-refractivity contribution is 0.353. The van der Waals surface area contributed by atoms with Crippen LogP contribution in [0.15, 0.2) is 6.33 Å². The highest BCUT2D eigenvalue weighted by Gasteiger charge is 2.23. The zero-order valence-electron chi connectivity index (χ0n) is 8.33. The van der Waals surface area contributed by atoms with Crippen molar-refractivity contribution in [2.45, 2.75) is 45.2 Å². The van der Waals surface area contributed by atoms with E-state index in [9.17, 15) is 0 Å². The van der Waals surface area contributed by atoms with Gasteiger partial charge in [-0.2, -0.15) is 0 Å². The zero-order valence-corrected chi connectivity index (χ0v) is 8.33. The van der Waals surface area contributed by atoms with Crippen LogP contribution in [0.25, 0.3) is 0 Å². The molecule has 1 aliphatic rings. The summed E-state index contributed by atoms with van der Waals surface area (Å²) in [5.41, 5.74) is 8.50. The summed E-state index contributed by atoms with van der Waals surface area (Å²) in [4.78, 5) is 4.34. The molecule has 0 saturated carbocycles. The Morgan fingerprint density at radius 3 is 3.15 bits per heavy atom.